The molecule has 1 aliphatic carbocycles. The standard InChI is InChI=1S/C13H24N2O2/c1-14(11-12-5-3-2-4-6-12)13(16)15-7-9-17-10-8-15/h12H,2-11H2,1H3. The number of nitrogens with zero attached hydrogens (tertiary/aromatic N) is 2. The summed E-state index contributed by atoms with van der Waals surface area (Å²) >= 11 is 0. The van der Waals surface area contributed by atoms with Gasteiger partial charge in [-0.2, -0.15) is 0 Å². The van der Waals surface area contributed by atoms with Gasteiger partial charge in [0.15, 0.2) is 0 Å². The number of hydrogen-bond acceptors (Lipinski definition) is 2. The normalized spacial score (nSPS) is 22.5. The first-order valence-corrected chi connectivity index (χ1v) is 6.85. The molecule has 0 aromatic heterocycles. The summed E-state index contributed by atoms with van der Waals surface area (Å²) in [5.74, 6) is 0.721. The van der Waals surface area contributed by atoms with Gasteiger partial charge in [-0.15, -0.1) is 0 Å². The fraction of sp³-hybridized carbons (Fsp3) is 0.923. The van der Waals surface area contributed by atoms with Gasteiger partial charge >= 0.3 is 6.03 Å². The predicted molar refractivity (Wildman–Crippen MR) is 67.0 cm³/mol. The monoisotopic (exact) mass is 240 g/mol. The van der Waals surface area contributed by atoms with Gasteiger partial charge in [0.25, 0.3) is 0 Å². The highest BCUT2D eigenvalue weighted by atomic mass is 16.5. The molecule has 0 bridgehead atoms. The molecule has 1 heterocycles. The molecule has 0 aromatic rings. The Hall–Kier alpha value is -0.770. The number of amides is 2. The summed E-state index contributed by atoms with van der Waals surface area (Å²) in [5.41, 5.74) is 0. The zero-order valence-corrected chi connectivity index (χ0v) is 10.9. The van der Waals surface area contributed by atoms with Crippen molar-refractivity contribution < 1.29 is 9.53 Å². The van der Waals surface area contributed by atoms with Crippen LogP contribution < -0.4 is 0 Å². The minimum atomic E-state index is 0.180. The molecule has 0 N–H and O–H groups in total. The van der Waals surface area contributed by atoms with Crippen LogP contribution in [0.1, 0.15) is 32.1 Å². The maximum absolute atomic E-state index is 12.2. The number of morpholine rings is 1. The Morgan fingerprint density at radius 2 is 1.88 bits per heavy atom. The smallest absolute Gasteiger partial charge is 0.319 e. The Balaban J connectivity index is 1.77. The van der Waals surface area contributed by atoms with Gasteiger partial charge < -0.3 is 14.5 Å². The lowest BCUT2D eigenvalue weighted by Crippen LogP contribution is -2.48. The van der Waals surface area contributed by atoms with Crippen LogP contribution in [-0.4, -0.2) is 55.7 Å². The van der Waals surface area contributed by atoms with E-state index in [1.807, 2.05) is 16.8 Å². The molecule has 0 atom stereocenters. The van der Waals surface area contributed by atoms with E-state index in [0.717, 1.165) is 25.6 Å². The molecule has 1 saturated carbocycles. The maximum atomic E-state index is 12.2. The van der Waals surface area contributed by atoms with Crippen molar-refractivity contribution in [3.8, 4) is 0 Å². The van der Waals surface area contributed by atoms with Crippen LogP contribution in [0.25, 0.3) is 0 Å². The van der Waals surface area contributed by atoms with E-state index in [0.29, 0.717) is 13.2 Å². The van der Waals surface area contributed by atoms with E-state index in [2.05, 4.69) is 0 Å². The number of rotatable bonds is 2. The first kappa shape index (κ1) is 12.7. The fourth-order valence-corrected chi connectivity index (χ4v) is 2.83. The number of urea groups is 1. The summed E-state index contributed by atoms with van der Waals surface area (Å²) in [6.45, 7) is 3.78. The van der Waals surface area contributed by atoms with E-state index in [9.17, 15) is 4.79 Å². The first-order valence-electron chi connectivity index (χ1n) is 6.85. The Bertz CT molecular complexity index is 246. The molecule has 2 aliphatic rings. The van der Waals surface area contributed by atoms with Gasteiger partial charge in [-0.05, 0) is 18.8 Å². The summed E-state index contributed by atoms with van der Waals surface area (Å²) in [6, 6.07) is 0.180. The van der Waals surface area contributed by atoms with Crippen LogP contribution in [0, 0.1) is 5.92 Å². The number of carbonyl (C=O) groups is 1. The largest absolute Gasteiger partial charge is 0.378 e. The molecule has 4 heteroatoms. The van der Waals surface area contributed by atoms with Gasteiger partial charge in [-0.1, -0.05) is 19.3 Å². The molecule has 0 unspecified atom stereocenters. The van der Waals surface area contributed by atoms with E-state index in [1.165, 1.54) is 32.1 Å². The topological polar surface area (TPSA) is 32.8 Å². The Labute approximate surface area is 104 Å². The van der Waals surface area contributed by atoms with E-state index < -0.39 is 0 Å². The molecular formula is C13H24N2O2. The number of hydrogen-bond donors (Lipinski definition) is 0. The van der Waals surface area contributed by atoms with E-state index in [-0.39, 0.29) is 6.03 Å². The summed E-state index contributed by atoms with van der Waals surface area (Å²) in [4.78, 5) is 16.0. The van der Waals surface area contributed by atoms with E-state index in [1.54, 1.807) is 0 Å². The minimum Gasteiger partial charge on any atom is -0.378 e. The second-order valence-electron chi connectivity index (χ2n) is 5.27. The summed E-state index contributed by atoms with van der Waals surface area (Å²) in [7, 11) is 1.94. The zero-order valence-electron chi connectivity index (χ0n) is 10.9. The van der Waals surface area contributed by atoms with Gasteiger partial charge in [0.2, 0.25) is 0 Å². The average Bonchev–Trinajstić information content (AvgIpc) is 2.40. The lowest BCUT2D eigenvalue weighted by atomic mass is 9.89. The molecule has 0 aromatic carbocycles. The van der Waals surface area contributed by atoms with Crippen molar-refractivity contribution >= 4 is 6.03 Å². The van der Waals surface area contributed by atoms with Crippen LogP contribution in [0.5, 0.6) is 0 Å². The van der Waals surface area contributed by atoms with Crippen molar-refractivity contribution in [2.75, 3.05) is 39.9 Å². The van der Waals surface area contributed by atoms with Crippen molar-refractivity contribution in [1.29, 1.82) is 0 Å². The molecule has 0 spiro atoms. The van der Waals surface area contributed by atoms with Crippen molar-refractivity contribution in [1.82, 2.24) is 9.80 Å². The molecule has 0 radical (unpaired) electrons. The summed E-state index contributed by atoms with van der Waals surface area (Å²) in [6.07, 6.45) is 6.63. The average molecular weight is 240 g/mol. The number of ether oxygens (including phenoxy) is 1. The highest BCUT2D eigenvalue weighted by molar-refractivity contribution is 5.74. The van der Waals surface area contributed by atoms with Crippen LogP contribution >= 0.6 is 0 Å². The Morgan fingerprint density at radius 3 is 2.53 bits per heavy atom. The van der Waals surface area contributed by atoms with Gasteiger partial charge in [0.1, 0.15) is 0 Å². The quantitative estimate of drug-likeness (QED) is 0.739. The van der Waals surface area contributed by atoms with E-state index in [4.69, 9.17) is 4.74 Å². The first-order chi connectivity index (χ1) is 8.27. The van der Waals surface area contributed by atoms with Gasteiger partial charge in [-0.3, -0.25) is 0 Å². The van der Waals surface area contributed by atoms with Crippen molar-refractivity contribution in [2.24, 2.45) is 5.92 Å². The van der Waals surface area contributed by atoms with Crippen LogP contribution in [-0.2, 0) is 4.74 Å². The van der Waals surface area contributed by atoms with Gasteiger partial charge in [0, 0.05) is 26.7 Å². The fourth-order valence-electron chi connectivity index (χ4n) is 2.83. The predicted octanol–water partition coefficient (Wildman–Crippen LogP) is 1.95. The molecule has 2 rings (SSSR count). The lowest BCUT2D eigenvalue weighted by molar-refractivity contribution is 0.0437. The SMILES string of the molecule is CN(CC1CCCCC1)C(=O)N1CCOCC1. The zero-order chi connectivity index (χ0) is 12.1. The van der Waals surface area contributed by atoms with Gasteiger partial charge in [0.05, 0.1) is 13.2 Å². The summed E-state index contributed by atoms with van der Waals surface area (Å²) in [5, 5.41) is 0. The second kappa shape index (κ2) is 6.24. The van der Waals surface area contributed by atoms with Gasteiger partial charge in [-0.25, -0.2) is 4.79 Å². The van der Waals surface area contributed by atoms with Crippen molar-refractivity contribution in [2.45, 2.75) is 32.1 Å². The third-order valence-corrected chi connectivity index (χ3v) is 3.86. The molecular weight excluding hydrogens is 216 g/mol. The van der Waals surface area contributed by atoms with E-state index >= 15 is 0 Å². The highest BCUT2D eigenvalue weighted by Crippen LogP contribution is 2.24. The Morgan fingerprint density at radius 1 is 1.24 bits per heavy atom. The van der Waals surface area contributed by atoms with Crippen LogP contribution in [0.15, 0.2) is 0 Å². The highest BCUT2D eigenvalue weighted by Gasteiger charge is 2.23. The molecule has 17 heavy (non-hydrogen) atoms. The van der Waals surface area contributed by atoms with Crippen molar-refractivity contribution in [3.63, 3.8) is 0 Å². The Kier molecular flexibility index (Phi) is 4.66. The van der Waals surface area contributed by atoms with Crippen LogP contribution in [0.2, 0.25) is 0 Å². The summed E-state index contributed by atoms with van der Waals surface area (Å²) < 4.78 is 5.27. The molecule has 1 aliphatic heterocycles. The molecule has 1 saturated heterocycles. The molecule has 2 amide bonds. The third-order valence-electron chi connectivity index (χ3n) is 3.86. The van der Waals surface area contributed by atoms with Crippen LogP contribution in [0.3, 0.4) is 0 Å². The molecule has 4 nitrogen and oxygen atoms in total. The third kappa shape index (κ3) is 3.60. The maximum Gasteiger partial charge on any atom is 0.319 e. The minimum absolute atomic E-state index is 0.180. The molecule has 2 fully saturated rings. The number of carbonyl (C=O) groups excluding carboxylic acids is 1. The van der Waals surface area contributed by atoms with Crippen molar-refractivity contribution in [3.05, 3.63) is 0 Å². The molecule has 98 valence electrons. The second-order valence-corrected chi connectivity index (χ2v) is 5.27. The lowest BCUT2D eigenvalue weighted by Gasteiger charge is -2.33. The van der Waals surface area contributed by atoms with Crippen LogP contribution in [0.4, 0.5) is 4.79 Å².